The molecule has 0 bridgehead atoms. The van der Waals surface area contributed by atoms with E-state index in [1.807, 2.05) is 13.8 Å². The number of hydrogen-bond donors (Lipinski definition) is 2. The molecule has 5 nitrogen and oxygen atoms in total. The van der Waals surface area contributed by atoms with Crippen LogP contribution in [-0.2, 0) is 10.0 Å². The van der Waals surface area contributed by atoms with E-state index in [4.69, 9.17) is 0 Å². The summed E-state index contributed by atoms with van der Waals surface area (Å²) in [5.74, 6) is 0. The van der Waals surface area contributed by atoms with Gasteiger partial charge in [-0.2, -0.15) is 0 Å². The Bertz CT molecular complexity index is 772. The van der Waals surface area contributed by atoms with Crippen molar-refractivity contribution in [1.82, 2.24) is 15.0 Å². The predicted octanol–water partition coefficient (Wildman–Crippen LogP) is 2.07. The van der Waals surface area contributed by atoms with Crippen molar-refractivity contribution in [2.75, 3.05) is 13.1 Å². The van der Waals surface area contributed by atoms with E-state index in [2.05, 4.69) is 21.6 Å². The van der Waals surface area contributed by atoms with E-state index in [-0.39, 0.29) is 10.9 Å². The van der Waals surface area contributed by atoms with Gasteiger partial charge in [-0.05, 0) is 37.4 Å². The van der Waals surface area contributed by atoms with Crippen LogP contribution in [0.15, 0.2) is 53.7 Å². The van der Waals surface area contributed by atoms with E-state index in [0.29, 0.717) is 13.1 Å². The van der Waals surface area contributed by atoms with Crippen LogP contribution in [-0.4, -0.2) is 32.5 Å². The summed E-state index contributed by atoms with van der Waals surface area (Å²) in [6.45, 7) is 8.77. The highest BCUT2D eigenvalue weighted by atomic mass is 32.2. The molecule has 2 aromatic rings. The van der Waals surface area contributed by atoms with Crippen molar-refractivity contribution in [2.45, 2.75) is 24.8 Å². The number of pyridine rings is 1. The lowest BCUT2D eigenvalue weighted by atomic mass is 10.2. The Morgan fingerprint density at radius 3 is 2.82 bits per heavy atom. The second-order valence-electron chi connectivity index (χ2n) is 5.49. The lowest BCUT2D eigenvalue weighted by Crippen LogP contribution is -2.40. The molecule has 0 saturated heterocycles. The maximum Gasteiger partial charge on any atom is 0.240 e. The molecule has 2 rings (SSSR count). The molecule has 0 fully saturated rings. The van der Waals surface area contributed by atoms with E-state index in [9.17, 15) is 8.42 Å². The molecule has 0 amide bonds. The van der Waals surface area contributed by atoms with E-state index in [1.54, 1.807) is 36.7 Å². The van der Waals surface area contributed by atoms with E-state index in [0.717, 1.165) is 16.3 Å². The number of aromatic nitrogens is 1. The number of hydrogen-bond acceptors (Lipinski definition) is 4. The molecule has 0 aliphatic carbocycles. The van der Waals surface area contributed by atoms with Gasteiger partial charge in [0.2, 0.25) is 10.0 Å². The second-order valence-corrected chi connectivity index (χ2v) is 7.21. The van der Waals surface area contributed by atoms with Gasteiger partial charge in [-0.3, -0.25) is 4.98 Å². The molecule has 0 aliphatic rings. The highest BCUT2D eigenvalue weighted by Crippen LogP contribution is 2.18. The highest BCUT2D eigenvalue weighted by Gasteiger charge is 2.17. The number of benzene rings is 1. The zero-order valence-corrected chi connectivity index (χ0v) is 13.7. The van der Waals surface area contributed by atoms with Crippen molar-refractivity contribution >= 4 is 20.8 Å². The first-order chi connectivity index (χ1) is 10.4. The standard InChI is InChI=1S/C16H21N3O2S/c1-12(2)9-18-10-13(3)19-22(20,21)16-5-4-15-11-17-7-6-14(15)8-16/h4-8,11,13,18-19H,1,9-10H2,2-3H3. The fourth-order valence-electron chi connectivity index (χ4n) is 2.11. The van der Waals surface area contributed by atoms with Gasteiger partial charge in [-0.25, -0.2) is 13.1 Å². The van der Waals surface area contributed by atoms with Crippen LogP contribution in [0.3, 0.4) is 0 Å². The van der Waals surface area contributed by atoms with Crippen LogP contribution in [0.1, 0.15) is 13.8 Å². The summed E-state index contributed by atoms with van der Waals surface area (Å²) in [6.07, 6.45) is 3.36. The Balaban J connectivity index is 2.09. The average Bonchev–Trinajstić information content (AvgIpc) is 2.45. The Labute approximate surface area is 131 Å². The Hall–Kier alpha value is -1.76. The third kappa shape index (κ3) is 4.37. The molecule has 2 N–H and O–H groups in total. The van der Waals surface area contributed by atoms with Crippen LogP contribution >= 0.6 is 0 Å². The molecule has 118 valence electrons. The fourth-order valence-corrected chi connectivity index (χ4v) is 3.38. The third-order valence-electron chi connectivity index (χ3n) is 3.16. The SMILES string of the molecule is C=C(C)CNCC(C)NS(=O)(=O)c1ccc2cnccc2c1. The van der Waals surface area contributed by atoms with Gasteiger partial charge in [0.05, 0.1) is 4.90 Å². The van der Waals surface area contributed by atoms with Crippen molar-refractivity contribution in [3.8, 4) is 0 Å². The van der Waals surface area contributed by atoms with Gasteiger partial charge in [0.25, 0.3) is 0 Å². The highest BCUT2D eigenvalue weighted by molar-refractivity contribution is 7.89. The normalized spacial score (nSPS) is 13.2. The number of nitrogens with one attached hydrogen (secondary N) is 2. The molecule has 1 atom stereocenters. The molecule has 0 saturated carbocycles. The first-order valence-electron chi connectivity index (χ1n) is 7.10. The van der Waals surface area contributed by atoms with Gasteiger partial charge >= 0.3 is 0 Å². The minimum atomic E-state index is -3.53. The van der Waals surface area contributed by atoms with Crippen LogP contribution in [0.25, 0.3) is 10.8 Å². The van der Waals surface area contributed by atoms with Crippen LogP contribution in [0.5, 0.6) is 0 Å². The van der Waals surface area contributed by atoms with E-state index < -0.39 is 10.0 Å². The molecule has 0 spiro atoms. The van der Waals surface area contributed by atoms with Gasteiger partial charge < -0.3 is 5.32 Å². The monoisotopic (exact) mass is 319 g/mol. The smallest absolute Gasteiger partial charge is 0.240 e. The molecule has 0 radical (unpaired) electrons. The van der Waals surface area contributed by atoms with Crippen molar-refractivity contribution in [2.24, 2.45) is 0 Å². The van der Waals surface area contributed by atoms with Crippen LogP contribution in [0.2, 0.25) is 0 Å². The number of rotatable bonds is 7. The zero-order valence-electron chi connectivity index (χ0n) is 12.8. The van der Waals surface area contributed by atoms with Crippen molar-refractivity contribution < 1.29 is 8.42 Å². The maximum atomic E-state index is 12.4. The van der Waals surface area contributed by atoms with Crippen LogP contribution in [0, 0.1) is 0 Å². The van der Waals surface area contributed by atoms with Gasteiger partial charge in [0.1, 0.15) is 0 Å². The summed E-state index contributed by atoms with van der Waals surface area (Å²) >= 11 is 0. The minimum Gasteiger partial charge on any atom is -0.311 e. The van der Waals surface area contributed by atoms with Gasteiger partial charge in [-0.15, -0.1) is 0 Å². The molecule has 1 aromatic heterocycles. The van der Waals surface area contributed by atoms with Gasteiger partial charge in [0.15, 0.2) is 0 Å². The molecule has 22 heavy (non-hydrogen) atoms. The Morgan fingerprint density at radius 2 is 2.09 bits per heavy atom. The molecule has 1 aromatic carbocycles. The number of fused-ring (bicyclic) bond motifs is 1. The fraction of sp³-hybridized carbons (Fsp3) is 0.312. The summed E-state index contributed by atoms with van der Waals surface area (Å²) in [6, 6.07) is 6.61. The molecule has 1 unspecified atom stereocenters. The first kappa shape index (κ1) is 16.6. The number of sulfonamides is 1. The first-order valence-corrected chi connectivity index (χ1v) is 8.58. The number of nitrogens with zero attached hydrogens (tertiary/aromatic N) is 1. The van der Waals surface area contributed by atoms with Crippen molar-refractivity contribution in [3.05, 3.63) is 48.8 Å². The summed E-state index contributed by atoms with van der Waals surface area (Å²) in [4.78, 5) is 4.28. The quantitative estimate of drug-likeness (QED) is 0.767. The molecule has 0 aliphatic heterocycles. The topological polar surface area (TPSA) is 71.1 Å². The third-order valence-corrected chi connectivity index (χ3v) is 4.74. The van der Waals surface area contributed by atoms with E-state index >= 15 is 0 Å². The zero-order chi connectivity index (χ0) is 16.2. The Morgan fingerprint density at radius 1 is 1.32 bits per heavy atom. The Kier molecular flexibility index (Phi) is 5.28. The molecule has 1 heterocycles. The predicted molar refractivity (Wildman–Crippen MR) is 89.2 cm³/mol. The largest absolute Gasteiger partial charge is 0.311 e. The van der Waals surface area contributed by atoms with Gasteiger partial charge in [-0.1, -0.05) is 18.2 Å². The molecular formula is C16H21N3O2S. The summed E-state index contributed by atoms with van der Waals surface area (Å²) in [5, 5.41) is 4.92. The lowest BCUT2D eigenvalue weighted by Gasteiger charge is -2.15. The van der Waals surface area contributed by atoms with Crippen molar-refractivity contribution in [1.29, 1.82) is 0 Å². The maximum absolute atomic E-state index is 12.4. The molecular weight excluding hydrogens is 298 g/mol. The lowest BCUT2D eigenvalue weighted by molar-refractivity contribution is 0.544. The van der Waals surface area contributed by atoms with Crippen LogP contribution in [0.4, 0.5) is 0 Å². The average molecular weight is 319 g/mol. The summed E-state index contributed by atoms with van der Waals surface area (Å²) in [5.41, 5.74) is 1.01. The minimum absolute atomic E-state index is 0.211. The second kappa shape index (κ2) is 7.00. The van der Waals surface area contributed by atoms with E-state index in [1.165, 1.54) is 0 Å². The summed E-state index contributed by atoms with van der Waals surface area (Å²) < 4.78 is 27.5. The molecule has 6 heteroatoms. The van der Waals surface area contributed by atoms with Gasteiger partial charge in [0, 0.05) is 36.9 Å². The van der Waals surface area contributed by atoms with Crippen LogP contribution < -0.4 is 10.0 Å². The summed E-state index contributed by atoms with van der Waals surface area (Å²) in [7, 11) is -3.53. The van der Waals surface area contributed by atoms with Crippen molar-refractivity contribution in [3.63, 3.8) is 0 Å².